The summed E-state index contributed by atoms with van der Waals surface area (Å²) >= 11 is 0. The molecule has 0 fully saturated rings. The summed E-state index contributed by atoms with van der Waals surface area (Å²) in [4.78, 5) is 0. The summed E-state index contributed by atoms with van der Waals surface area (Å²) in [5.41, 5.74) is 2.15. The molecule has 0 radical (unpaired) electrons. The van der Waals surface area contributed by atoms with Gasteiger partial charge < -0.3 is 0 Å². The zero-order chi connectivity index (χ0) is 11.1. The fourth-order valence-electron chi connectivity index (χ4n) is 1.51. The van der Waals surface area contributed by atoms with E-state index >= 15 is 0 Å². The molecule has 0 amide bonds. The SMILES string of the molecule is CCCC/C(C)=C/Cc1ccccc1F. The number of hydrogen-bond acceptors (Lipinski definition) is 0. The van der Waals surface area contributed by atoms with Crippen LogP contribution in [0.1, 0.15) is 38.7 Å². The molecular formula is C14H19F. The smallest absolute Gasteiger partial charge is 0.126 e. The van der Waals surface area contributed by atoms with Crippen LogP contribution in [0.4, 0.5) is 4.39 Å². The Kier molecular flexibility index (Phi) is 5.09. The molecule has 0 bridgehead atoms. The first-order valence-electron chi connectivity index (χ1n) is 5.63. The second-order valence-electron chi connectivity index (χ2n) is 3.95. The van der Waals surface area contributed by atoms with Crippen molar-refractivity contribution in [2.24, 2.45) is 0 Å². The molecule has 0 unspecified atom stereocenters. The minimum absolute atomic E-state index is 0.1000. The molecule has 0 N–H and O–H groups in total. The highest BCUT2D eigenvalue weighted by Crippen LogP contribution is 2.11. The maximum atomic E-state index is 13.3. The fraction of sp³-hybridized carbons (Fsp3) is 0.429. The van der Waals surface area contributed by atoms with E-state index in [9.17, 15) is 4.39 Å². The van der Waals surface area contributed by atoms with Gasteiger partial charge in [-0.15, -0.1) is 0 Å². The van der Waals surface area contributed by atoms with Crippen molar-refractivity contribution in [1.82, 2.24) is 0 Å². The average molecular weight is 206 g/mol. The van der Waals surface area contributed by atoms with E-state index in [1.165, 1.54) is 24.5 Å². The van der Waals surface area contributed by atoms with Gasteiger partial charge in [-0.05, 0) is 37.8 Å². The monoisotopic (exact) mass is 206 g/mol. The van der Waals surface area contributed by atoms with E-state index < -0.39 is 0 Å². The van der Waals surface area contributed by atoms with Gasteiger partial charge in [0.1, 0.15) is 5.82 Å². The molecule has 0 aromatic heterocycles. The van der Waals surface area contributed by atoms with Crippen molar-refractivity contribution in [2.75, 3.05) is 0 Å². The van der Waals surface area contributed by atoms with Crippen LogP contribution < -0.4 is 0 Å². The molecule has 1 aromatic rings. The van der Waals surface area contributed by atoms with Gasteiger partial charge in [-0.1, -0.05) is 43.2 Å². The first-order chi connectivity index (χ1) is 7.24. The van der Waals surface area contributed by atoms with Crippen LogP contribution in [-0.4, -0.2) is 0 Å². The summed E-state index contributed by atoms with van der Waals surface area (Å²) in [5.74, 6) is -0.1000. The molecule has 0 aliphatic carbocycles. The van der Waals surface area contributed by atoms with Crippen LogP contribution in [0.25, 0.3) is 0 Å². The zero-order valence-electron chi connectivity index (χ0n) is 9.59. The molecule has 82 valence electrons. The summed E-state index contributed by atoms with van der Waals surface area (Å²) in [6, 6.07) is 6.98. The van der Waals surface area contributed by atoms with Crippen LogP contribution in [-0.2, 0) is 6.42 Å². The summed E-state index contributed by atoms with van der Waals surface area (Å²) in [7, 11) is 0. The second kappa shape index (κ2) is 6.39. The minimum Gasteiger partial charge on any atom is -0.207 e. The molecule has 0 aliphatic rings. The normalized spacial score (nSPS) is 11.8. The van der Waals surface area contributed by atoms with Gasteiger partial charge >= 0.3 is 0 Å². The van der Waals surface area contributed by atoms with E-state index in [0.717, 1.165) is 12.0 Å². The van der Waals surface area contributed by atoms with Crippen LogP contribution >= 0.6 is 0 Å². The van der Waals surface area contributed by atoms with Gasteiger partial charge in [0.2, 0.25) is 0 Å². The molecular weight excluding hydrogens is 187 g/mol. The van der Waals surface area contributed by atoms with E-state index in [4.69, 9.17) is 0 Å². The molecule has 0 atom stereocenters. The molecule has 15 heavy (non-hydrogen) atoms. The molecule has 0 heterocycles. The van der Waals surface area contributed by atoms with Gasteiger partial charge in [-0.2, -0.15) is 0 Å². The Labute approximate surface area is 91.8 Å². The largest absolute Gasteiger partial charge is 0.207 e. The molecule has 0 aliphatic heterocycles. The Morgan fingerprint density at radius 3 is 2.73 bits per heavy atom. The second-order valence-corrected chi connectivity index (χ2v) is 3.95. The van der Waals surface area contributed by atoms with Crippen molar-refractivity contribution in [1.29, 1.82) is 0 Å². The highest BCUT2D eigenvalue weighted by molar-refractivity contribution is 5.20. The van der Waals surface area contributed by atoms with Crippen molar-refractivity contribution in [3.8, 4) is 0 Å². The number of unbranched alkanes of at least 4 members (excludes halogenated alkanes) is 1. The Hall–Kier alpha value is -1.11. The van der Waals surface area contributed by atoms with E-state index in [-0.39, 0.29) is 5.82 Å². The number of rotatable bonds is 5. The van der Waals surface area contributed by atoms with E-state index in [1.807, 2.05) is 12.1 Å². The van der Waals surface area contributed by atoms with E-state index in [2.05, 4.69) is 19.9 Å². The first-order valence-corrected chi connectivity index (χ1v) is 5.63. The van der Waals surface area contributed by atoms with Crippen LogP contribution in [0.2, 0.25) is 0 Å². The molecule has 0 saturated carbocycles. The van der Waals surface area contributed by atoms with Crippen molar-refractivity contribution in [3.63, 3.8) is 0 Å². The molecule has 0 saturated heterocycles. The predicted octanol–water partition coefficient (Wildman–Crippen LogP) is 4.50. The van der Waals surface area contributed by atoms with Gasteiger partial charge in [0.05, 0.1) is 0 Å². The number of halogens is 1. The van der Waals surface area contributed by atoms with Crippen LogP contribution in [0.5, 0.6) is 0 Å². The van der Waals surface area contributed by atoms with Crippen LogP contribution in [0.15, 0.2) is 35.9 Å². The lowest BCUT2D eigenvalue weighted by molar-refractivity contribution is 0.614. The zero-order valence-corrected chi connectivity index (χ0v) is 9.59. The number of hydrogen-bond donors (Lipinski definition) is 0. The summed E-state index contributed by atoms with van der Waals surface area (Å²) in [6.07, 6.45) is 6.41. The molecule has 1 rings (SSSR count). The van der Waals surface area contributed by atoms with Gasteiger partial charge in [0.15, 0.2) is 0 Å². The summed E-state index contributed by atoms with van der Waals surface area (Å²) in [5, 5.41) is 0. The highest BCUT2D eigenvalue weighted by Gasteiger charge is 1.98. The summed E-state index contributed by atoms with van der Waals surface area (Å²) < 4.78 is 13.3. The Morgan fingerprint density at radius 2 is 2.07 bits per heavy atom. The summed E-state index contributed by atoms with van der Waals surface area (Å²) in [6.45, 7) is 4.31. The lowest BCUT2D eigenvalue weighted by Gasteiger charge is -2.01. The average Bonchev–Trinajstić information content (AvgIpc) is 2.25. The van der Waals surface area contributed by atoms with Gasteiger partial charge in [-0.25, -0.2) is 4.39 Å². The quantitative estimate of drug-likeness (QED) is 0.622. The number of allylic oxidation sites excluding steroid dienone is 2. The predicted molar refractivity (Wildman–Crippen MR) is 63.4 cm³/mol. The highest BCUT2D eigenvalue weighted by atomic mass is 19.1. The molecule has 0 spiro atoms. The first kappa shape index (κ1) is 12.0. The fourth-order valence-corrected chi connectivity index (χ4v) is 1.51. The van der Waals surface area contributed by atoms with Gasteiger partial charge in [0, 0.05) is 0 Å². The Morgan fingerprint density at radius 1 is 1.33 bits per heavy atom. The number of benzene rings is 1. The van der Waals surface area contributed by atoms with Gasteiger partial charge in [-0.3, -0.25) is 0 Å². The third-order valence-electron chi connectivity index (χ3n) is 2.55. The van der Waals surface area contributed by atoms with Gasteiger partial charge in [0.25, 0.3) is 0 Å². The third kappa shape index (κ3) is 4.28. The van der Waals surface area contributed by atoms with E-state index in [1.54, 1.807) is 6.07 Å². The van der Waals surface area contributed by atoms with Crippen molar-refractivity contribution in [3.05, 3.63) is 47.3 Å². The molecule has 0 nitrogen and oxygen atoms in total. The third-order valence-corrected chi connectivity index (χ3v) is 2.55. The molecule has 1 heteroatoms. The van der Waals surface area contributed by atoms with E-state index in [0.29, 0.717) is 6.42 Å². The Bertz CT molecular complexity index is 326. The van der Waals surface area contributed by atoms with Crippen molar-refractivity contribution < 1.29 is 4.39 Å². The molecule has 1 aromatic carbocycles. The van der Waals surface area contributed by atoms with Crippen LogP contribution in [0, 0.1) is 5.82 Å². The maximum Gasteiger partial charge on any atom is 0.126 e. The lowest BCUT2D eigenvalue weighted by Crippen LogP contribution is -1.88. The van der Waals surface area contributed by atoms with Crippen LogP contribution in [0.3, 0.4) is 0 Å². The maximum absolute atomic E-state index is 13.3. The topological polar surface area (TPSA) is 0 Å². The Balaban J connectivity index is 2.52. The minimum atomic E-state index is -0.1000. The van der Waals surface area contributed by atoms with Crippen molar-refractivity contribution >= 4 is 0 Å². The van der Waals surface area contributed by atoms with Crippen molar-refractivity contribution in [2.45, 2.75) is 39.5 Å². The standard InChI is InChI=1S/C14H19F/c1-3-4-7-12(2)10-11-13-8-5-6-9-14(13)15/h5-6,8-10H,3-4,7,11H2,1-2H3/b12-10+. The lowest BCUT2D eigenvalue weighted by atomic mass is 10.1.